The van der Waals surface area contributed by atoms with Gasteiger partial charge in [-0.15, -0.1) is 0 Å². The van der Waals surface area contributed by atoms with Gasteiger partial charge in [-0.3, -0.25) is 0 Å². The molecule has 2 aromatic rings. The van der Waals surface area contributed by atoms with Crippen LogP contribution in [-0.4, -0.2) is 0 Å². The van der Waals surface area contributed by atoms with Crippen molar-refractivity contribution in [1.82, 2.24) is 0 Å². The molecule has 0 nitrogen and oxygen atoms in total. The average Bonchev–Trinajstić information content (AvgIpc) is 2.90. The van der Waals surface area contributed by atoms with E-state index in [2.05, 4.69) is 90.1 Å². The van der Waals surface area contributed by atoms with Crippen LogP contribution in [0.1, 0.15) is 58.2 Å². The largest absolute Gasteiger partial charge is 0.0610 e. The lowest BCUT2D eigenvalue weighted by molar-refractivity contribution is 0.498. The van der Waals surface area contributed by atoms with Crippen LogP contribution in [0.15, 0.2) is 48.0 Å². The van der Waals surface area contributed by atoms with Crippen molar-refractivity contribution in [3.05, 3.63) is 64.7 Å². The highest BCUT2D eigenvalue weighted by atomic mass is 14.3. The summed E-state index contributed by atoms with van der Waals surface area (Å²) in [7, 11) is 0. The summed E-state index contributed by atoms with van der Waals surface area (Å²) in [6, 6.07) is 15.8. The molecule has 0 fully saturated rings. The van der Waals surface area contributed by atoms with E-state index in [1.54, 1.807) is 0 Å². The standard InChI is InChI=1S/C23H28/c1-22(2,3)18-12-10-16(11-13-18)20-9-7-8-17-14-19(15-21(17)20)23(4,5)6/h7-14H,15H2,1-6H3. The molecule has 23 heavy (non-hydrogen) atoms. The molecular weight excluding hydrogens is 276 g/mol. The Morgan fingerprint density at radius 3 is 1.96 bits per heavy atom. The first kappa shape index (κ1) is 16.1. The van der Waals surface area contributed by atoms with Crippen molar-refractivity contribution >= 4 is 6.08 Å². The Balaban J connectivity index is 1.98. The Morgan fingerprint density at radius 1 is 0.739 bits per heavy atom. The Labute approximate surface area is 141 Å². The van der Waals surface area contributed by atoms with Crippen molar-refractivity contribution in [3.8, 4) is 11.1 Å². The fourth-order valence-corrected chi connectivity index (χ4v) is 3.27. The van der Waals surface area contributed by atoms with Crippen molar-refractivity contribution in [2.24, 2.45) is 5.41 Å². The van der Waals surface area contributed by atoms with Crippen LogP contribution in [0.2, 0.25) is 0 Å². The zero-order valence-corrected chi connectivity index (χ0v) is 15.3. The minimum absolute atomic E-state index is 0.206. The van der Waals surface area contributed by atoms with Gasteiger partial charge >= 0.3 is 0 Å². The molecule has 3 rings (SSSR count). The number of allylic oxidation sites excluding steroid dienone is 1. The lowest BCUT2D eigenvalue weighted by atomic mass is 9.84. The number of fused-ring (bicyclic) bond motifs is 1. The Bertz CT molecular complexity index is 744. The number of rotatable bonds is 1. The minimum Gasteiger partial charge on any atom is -0.0610 e. The maximum atomic E-state index is 2.39. The zero-order chi connectivity index (χ0) is 16.8. The van der Waals surface area contributed by atoms with E-state index < -0.39 is 0 Å². The molecule has 0 atom stereocenters. The second-order valence-electron chi connectivity index (χ2n) is 8.80. The van der Waals surface area contributed by atoms with E-state index in [0.717, 1.165) is 6.42 Å². The minimum atomic E-state index is 0.206. The molecule has 0 heteroatoms. The molecule has 0 aromatic heterocycles. The Hall–Kier alpha value is -1.82. The molecule has 0 aliphatic heterocycles. The lowest BCUT2D eigenvalue weighted by Gasteiger charge is -2.21. The monoisotopic (exact) mass is 304 g/mol. The van der Waals surface area contributed by atoms with Gasteiger partial charge in [0.1, 0.15) is 0 Å². The smallest absolute Gasteiger partial charge is 0.00464 e. The summed E-state index contributed by atoms with van der Waals surface area (Å²) >= 11 is 0. The maximum Gasteiger partial charge on any atom is -0.00464 e. The summed E-state index contributed by atoms with van der Waals surface area (Å²) in [4.78, 5) is 0. The molecule has 1 aliphatic carbocycles. The second-order valence-corrected chi connectivity index (χ2v) is 8.80. The highest BCUT2D eigenvalue weighted by molar-refractivity contribution is 5.77. The van der Waals surface area contributed by atoms with Gasteiger partial charge in [0.25, 0.3) is 0 Å². The molecule has 0 saturated carbocycles. The van der Waals surface area contributed by atoms with Gasteiger partial charge in [0.15, 0.2) is 0 Å². The van der Waals surface area contributed by atoms with E-state index in [1.165, 1.54) is 33.4 Å². The molecule has 0 unspecified atom stereocenters. The van der Waals surface area contributed by atoms with E-state index in [4.69, 9.17) is 0 Å². The van der Waals surface area contributed by atoms with Gasteiger partial charge in [-0.1, -0.05) is 95.7 Å². The third-order valence-electron chi connectivity index (χ3n) is 4.93. The third kappa shape index (κ3) is 3.13. The summed E-state index contributed by atoms with van der Waals surface area (Å²) in [6.07, 6.45) is 3.47. The molecular formula is C23H28. The molecule has 2 aromatic carbocycles. The predicted octanol–water partition coefficient (Wildman–Crippen LogP) is 6.64. The first-order valence-corrected chi connectivity index (χ1v) is 8.60. The van der Waals surface area contributed by atoms with E-state index in [0.29, 0.717) is 0 Å². The van der Waals surface area contributed by atoms with Crippen LogP contribution in [0.25, 0.3) is 17.2 Å². The first-order chi connectivity index (χ1) is 10.7. The van der Waals surface area contributed by atoms with E-state index in [-0.39, 0.29) is 10.8 Å². The van der Waals surface area contributed by atoms with Crippen LogP contribution in [-0.2, 0) is 11.8 Å². The topological polar surface area (TPSA) is 0 Å². The van der Waals surface area contributed by atoms with E-state index in [9.17, 15) is 0 Å². The molecule has 0 saturated heterocycles. The maximum absolute atomic E-state index is 2.39. The Kier molecular flexibility index (Phi) is 3.75. The molecule has 120 valence electrons. The average molecular weight is 304 g/mol. The molecule has 0 spiro atoms. The second kappa shape index (κ2) is 5.37. The third-order valence-corrected chi connectivity index (χ3v) is 4.93. The highest BCUT2D eigenvalue weighted by Gasteiger charge is 2.25. The quantitative estimate of drug-likeness (QED) is 0.554. The van der Waals surface area contributed by atoms with E-state index in [1.807, 2.05) is 0 Å². The van der Waals surface area contributed by atoms with Gasteiger partial charge in [-0.2, -0.15) is 0 Å². The van der Waals surface area contributed by atoms with Crippen LogP contribution in [0, 0.1) is 5.41 Å². The summed E-state index contributed by atoms with van der Waals surface area (Å²) < 4.78 is 0. The van der Waals surface area contributed by atoms with Gasteiger partial charge in [0, 0.05) is 0 Å². The normalized spacial score (nSPS) is 14.6. The van der Waals surface area contributed by atoms with Crippen molar-refractivity contribution in [1.29, 1.82) is 0 Å². The van der Waals surface area contributed by atoms with Crippen LogP contribution in [0.4, 0.5) is 0 Å². The van der Waals surface area contributed by atoms with Crippen LogP contribution < -0.4 is 0 Å². The van der Waals surface area contributed by atoms with Gasteiger partial charge < -0.3 is 0 Å². The van der Waals surface area contributed by atoms with Crippen molar-refractivity contribution in [3.63, 3.8) is 0 Å². The van der Waals surface area contributed by atoms with Gasteiger partial charge in [-0.05, 0) is 45.1 Å². The SMILES string of the molecule is CC(C)(C)C1=Cc2cccc(-c3ccc(C(C)(C)C)cc3)c2C1. The van der Waals surface area contributed by atoms with Crippen molar-refractivity contribution in [2.75, 3.05) is 0 Å². The molecule has 1 aliphatic rings. The molecule has 0 N–H and O–H groups in total. The predicted molar refractivity (Wildman–Crippen MR) is 102 cm³/mol. The zero-order valence-electron chi connectivity index (χ0n) is 15.3. The fourth-order valence-electron chi connectivity index (χ4n) is 3.27. The number of hydrogen-bond acceptors (Lipinski definition) is 0. The highest BCUT2D eigenvalue weighted by Crippen LogP contribution is 2.40. The summed E-state index contributed by atoms with van der Waals surface area (Å²) in [5.41, 5.74) is 8.98. The van der Waals surface area contributed by atoms with E-state index >= 15 is 0 Å². The molecule has 0 heterocycles. The molecule has 0 radical (unpaired) electrons. The van der Waals surface area contributed by atoms with Gasteiger partial charge in [-0.25, -0.2) is 0 Å². The molecule has 0 amide bonds. The summed E-state index contributed by atoms with van der Waals surface area (Å²) in [6.45, 7) is 13.7. The fraction of sp³-hybridized carbons (Fsp3) is 0.391. The number of hydrogen-bond donors (Lipinski definition) is 0. The lowest BCUT2D eigenvalue weighted by Crippen LogP contribution is -2.10. The molecule has 0 bridgehead atoms. The summed E-state index contributed by atoms with van der Waals surface area (Å²) in [5, 5.41) is 0. The van der Waals surface area contributed by atoms with Crippen LogP contribution in [0.3, 0.4) is 0 Å². The summed E-state index contributed by atoms with van der Waals surface area (Å²) in [5.74, 6) is 0. The van der Waals surface area contributed by atoms with Crippen LogP contribution >= 0.6 is 0 Å². The Morgan fingerprint density at radius 2 is 1.39 bits per heavy atom. The van der Waals surface area contributed by atoms with Crippen molar-refractivity contribution in [2.45, 2.75) is 53.4 Å². The van der Waals surface area contributed by atoms with Gasteiger partial charge in [0.05, 0.1) is 0 Å². The first-order valence-electron chi connectivity index (χ1n) is 8.60. The van der Waals surface area contributed by atoms with Crippen LogP contribution in [0.5, 0.6) is 0 Å². The number of benzene rings is 2. The van der Waals surface area contributed by atoms with Gasteiger partial charge in [0.2, 0.25) is 0 Å². The van der Waals surface area contributed by atoms with Crippen molar-refractivity contribution < 1.29 is 0 Å².